The summed E-state index contributed by atoms with van der Waals surface area (Å²) in [5.74, 6) is -0.213. The van der Waals surface area contributed by atoms with Crippen molar-refractivity contribution in [2.24, 2.45) is 5.41 Å². The van der Waals surface area contributed by atoms with Crippen molar-refractivity contribution in [2.45, 2.75) is 40.2 Å². The van der Waals surface area contributed by atoms with Gasteiger partial charge in [-0.15, -0.1) is 0 Å². The van der Waals surface area contributed by atoms with Crippen molar-refractivity contribution in [3.63, 3.8) is 0 Å². The largest absolute Gasteiger partial charge is 0.313 e. The minimum Gasteiger partial charge on any atom is -0.313 e. The highest BCUT2D eigenvalue weighted by Gasteiger charge is 2.25. The van der Waals surface area contributed by atoms with E-state index < -0.39 is 0 Å². The van der Waals surface area contributed by atoms with Crippen molar-refractivity contribution in [1.82, 2.24) is 10.3 Å². The second-order valence-corrected chi connectivity index (χ2v) is 5.11. The Morgan fingerprint density at radius 1 is 1.44 bits per heavy atom. The summed E-state index contributed by atoms with van der Waals surface area (Å²) in [7, 11) is 0. The number of halogens is 1. The Balaban J connectivity index is 2.80. The van der Waals surface area contributed by atoms with Gasteiger partial charge < -0.3 is 5.32 Å². The summed E-state index contributed by atoms with van der Waals surface area (Å²) in [5.41, 5.74) is 0.642. The number of aromatic nitrogens is 1. The normalized spacial score (nSPS) is 13.8. The van der Waals surface area contributed by atoms with Gasteiger partial charge in [-0.2, -0.15) is 0 Å². The molecular formula is C13H21FN2. The summed E-state index contributed by atoms with van der Waals surface area (Å²) in [6.07, 6.45) is 2.27. The molecular weight excluding hydrogens is 203 g/mol. The smallest absolute Gasteiger partial charge is 0.144 e. The fourth-order valence-electron chi connectivity index (χ4n) is 1.69. The van der Waals surface area contributed by atoms with E-state index in [1.54, 1.807) is 12.3 Å². The van der Waals surface area contributed by atoms with Crippen LogP contribution in [0.25, 0.3) is 0 Å². The van der Waals surface area contributed by atoms with Crippen molar-refractivity contribution in [2.75, 3.05) is 6.54 Å². The van der Waals surface area contributed by atoms with Crippen LogP contribution in [0.1, 0.15) is 33.4 Å². The van der Waals surface area contributed by atoms with Crippen LogP contribution in [-0.4, -0.2) is 17.6 Å². The van der Waals surface area contributed by atoms with Crippen LogP contribution in [0, 0.1) is 11.2 Å². The highest BCUT2D eigenvalue weighted by Crippen LogP contribution is 2.22. The van der Waals surface area contributed by atoms with Crippen molar-refractivity contribution < 1.29 is 4.39 Å². The van der Waals surface area contributed by atoms with Gasteiger partial charge in [-0.3, -0.25) is 4.98 Å². The lowest BCUT2D eigenvalue weighted by Gasteiger charge is -2.31. The third-order valence-corrected chi connectivity index (χ3v) is 2.73. The molecule has 3 heteroatoms. The number of hydrogen-bond acceptors (Lipinski definition) is 2. The molecule has 1 rings (SSSR count). The molecule has 1 unspecified atom stereocenters. The molecule has 0 aliphatic heterocycles. The molecule has 0 saturated heterocycles. The van der Waals surface area contributed by atoms with Gasteiger partial charge in [0.1, 0.15) is 5.82 Å². The molecule has 1 atom stereocenters. The molecule has 2 nitrogen and oxygen atoms in total. The fourth-order valence-corrected chi connectivity index (χ4v) is 1.69. The third kappa shape index (κ3) is 3.56. The second-order valence-electron chi connectivity index (χ2n) is 5.11. The molecule has 1 heterocycles. The van der Waals surface area contributed by atoms with E-state index in [1.165, 1.54) is 6.07 Å². The number of pyridine rings is 1. The van der Waals surface area contributed by atoms with Crippen LogP contribution in [0.3, 0.4) is 0 Å². The molecule has 16 heavy (non-hydrogen) atoms. The van der Waals surface area contributed by atoms with E-state index >= 15 is 0 Å². The van der Waals surface area contributed by atoms with Gasteiger partial charge in [-0.25, -0.2) is 4.39 Å². The van der Waals surface area contributed by atoms with Crippen molar-refractivity contribution >= 4 is 0 Å². The Morgan fingerprint density at radius 2 is 2.12 bits per heavy atom. The second kappa shape index (κ2) is 5.39. The standard InChI is InChI=1S/C13H21FN2/c1-5-15-12(13(2,3)4)9-11-10(14)7-6-8-16-11/h6-8,12,15H,5,9H2,1-4H3. The van der Waals surface area contributed by atoms with E-state index in [2.05, 4.69) is 38.0 Å². The molecule has 1 N–H and O–H groups in total. The minimum absolute atomic E-state index is 0.0972. The molecule has 90 valence electrons. The number of nitrogens with one attached hydrogen (secondary N) is 1. The van der Waals surface area contributed by atoms with E-state index in [-0.39, 0.29) is 17.3 Å². The predicted octanol–water partition coefficient (Wildman–Crippen LogP) is 2.79. The Bertz CT molecular complexity index is 331. The Morgan fingerprint density at radius 3 is 2.62 bits per heavy atom. The molecule has 1 aromatic heterocycles. The molecule has 0 bridgehead atoms. The van der Waals surface area contributed by atoms with Gasteiger partial charge in [0.15, 0.2) is 0 Å². The van der Waals surface area contributed by atoms with E-state index in [1.807, 2.05) is 0 Å². The van der Waals surface area contributed by atoms with Crippen molar-refractivity contribution in [3.8, 4) is 0 Å². The van der Waals surface area contributed by atoms with E-state index in [9.17, 15) is 4.39 Å². The van der Waals surface area contributed by atoms with E-state index in [4.69, 9.17) is 0 Å². The summed E-state index contributed by atoms with van der Waals surface area (Å²) in [6.45, 7) is 9.41. The molecule has 0 fully saturated rings. The summed E-state index contributed by atoms with van der Waals surface area (Å²) >= 11 is 0. The molecule has 1 aromatic rings. The molecule has 0 aromatic carbocycles. The van der Waals surface area contributed by atoms with Crippen LogP contribution >= 0.6 is 0 Å². The predicted molar refractivity (Wildman–Crippen MR) is 64.8 cm³/mol. The lowest BCUT2D eigenvalue weighted by atomic mass is 9.84. The maximum absolute atomic E-state index is 13.5. The van der Waals surface area contributed by atoms with Gasteiger partial charge in [0.05, 0.1) is 5.69 Å². The monoisotopic (exact) mass is 224 g/mol. The Kier molecular flexibility index (Phi) is 4.42. The van der Waals surface area contributed by atoms with Crippen LogP contribution < -0.4 is 5.32 Å². The SMILES string of the molecule is CCNC(Cc1ncccc1F)C(C)(C)C. The van der Waals surface area contributed by atoms with Gasteiger partial charge in [0.2, 0.25) is 0 Å². The molecule has 0 spiro atoms. The first-order valence-electron chi connectivity index (χ1n) is 5.78. The number of likely N-dealkylation sites (N-methyl/N-ethyl adjacent to an activating group) is 1. The summed E-state index contributed by atoms with van der Waals surface area (Å²) in [6, 6.07) is 3.33. The summed E-state index contributed by atoms with van der Waals surface area (Å²) in [5, 5.41) is 3.39. The number of hydrogen-bond donors (Lipinski definition) is 1. The van der Waals surface area contributed by atoms with Crippen LogP contribution in [0.5, 0.6) is 0 Å². The van der Waals surface area contributed by atoms with Gasteiger partial charge in [0.25, 0.3) is 0 Å². The first-order valence-corrected chi connectivity index (χ1v) is 5.78. The van der Waals surface area contributed by atoms with E-state index in [0.29, 0.717) is 12.1 Å². The van der Waals surface area contributed by atoms with Crippen molar-refractivity contribution in [3.05, 3.63) is 29.8 Å². The zero-order valence-electron chi connectivity index (χ0n) is 10.5. The van der Waals surface area contributed by atoms with Crippen LogP contribution in [0.2, 0.25) is 0 Å². The molecule has 0 aliphatic carbocycles. The van der Waals surface area contributed by atoms with Gasteiger partial charge in [-0.1, -0.05) is 27.7 Å². The zero-order valence-corrected chi connectivity index (χ0v) is 10.5. The fraction of sp³-hybridized carbons (Fsp3) is 0.615. The molecule has 0 saturated carbocycles. The molecule has 0 aliphatic rings. The lowest BCUT2D eigenvalue weighted by Crippen LogP contribution is -2.42. The van der Waals surface area contributed by atoms with Crippen LogP contribution in [0.15, 0.2) is 18.3 Å². The van der Waals surface area contributed by atoms with Gasteiger partial charge in [0, 0.05) is 18.7 Å². The lowest BCUT2D eigenvalue weighted by molar-refractivity contribution is 0.266. The van der Waals surface area contributed by atoms with Crippen LogP contribution in [0.4, 0.5) is 4.39 Å². The highest BCUT2D eigenvalue weighted by molar-refractivity contribution is 5.09. The third-order valence-electron chi connectivity index (χ3n) is 2.73. The summed E-state index contributed by atoms with van der Waals surface area (Å²) < 4.78 is 13.5. The maximum atomic E-state index is 13.5. The summed E-state index contributed by atoms with van der Waals surface area (Å²) in [4.78, 5) is 4.10. The molecule has 0 amide bonds. The van der Waals surface area contributed by atoms with Gasteiger partial charge >= 0.3 is 0 Å². The Hall–Kier alpha value is -0.960. The van der Waals surface area contributed by atoms with Crippen LogP contribution in [-0.2, 0) is 6.42 Å². The van der Waals surface area contributed by atoms with E-state index in [0.717, 1.165) is 6.54 Å². The highest BCUT2D eigenvalue weighted by atomic mass is 19.1. The topological polar surface area (TPSA) is 24.9 Å². The zero-order chi connectivity index (χ0) is 12.2. The number of nitrogens with zero attached hydrogens (tertiary/aromatic N) is 1. The van der Waals surface area contributed by atoms with Gasteiger partial charge in [-0.05, 0) is 24.1 Å². The first-order chi connectivity index (χ1) is 7.45. The maximum Gasteiger partial charge on any atom is 0.144 e. The Labute approximate surface area is 97.3 Å². The van der Waals surface area contributed by atoms with Crippen molar-refractivity contribution in [1.29, 1.82) is 0 Å². The average molecular weight is 224 g/mol. The quantitative estimate of drug-likeness (QED) is 0.850. The average Bonchev–Trinajstić information content (AvgIpc) is 2.19. The molecule has 0 radical (unpaired) electrons. The minimum atomic E-state index is -0.213. The number of rotatable bonds is 4. The first kappa shape index (κ1) is 13.1.